The van der Waals surface area contributed by atoms with E-state index in [2.05, 4.69) is 0 Å². The van der Waals surface area contributed by atoms with Gasteiger partial charge < -0.3 is 10.6 Å². The highest BCUT2D eigenvalue weighted by atomic mass is 35.5. The Morgan fingerprint density at radius 2 is 2.22 bits per heavy atom. The lowest BCUT2D eigenvalue weighted by Crippen LogP contribution is -2.31. The van der Waals surface area contributed by atoms with E-state index in [0.29, 0.717) is 18.7 Å². The third kappa shape index (κ3) is 2.96. The van der Waals surface area contributed by atoms with Crippen molar-refractivity contribution in [1.82, 2.24) is 4.90 Å². The molecule has 7 heteroatoms. The van der Waals surface area contributed by atoms with Gasteiger partial charge in [-0.25, -0.2) is 0 Å². The molecule has 0 aliphatic carbocycles. The quantitative estimate of drug-likeness (QED) is 0.646. The Bertz CT molecular complexity index is 467. The number of halogens is 1. The van der Waals surface area contributed by atoms with Crippen LogP contribution in [0.3, 0.4) is 0 Å². The van der Waals surface area contributed by atoms with E-state index in [-0.39, 0.29) is 30.0 Å². The summed E-state index contributed by atoms with van der Waals surface area (Å²) in [6.45, 7) is 1.13. The number of hydrogen-bond acceptors (Lipinski definition) is 4. The van der Waals surface area contributed by atoms with Gasteiger partial charge in [-0.2, -0.15) is 0 Å². The van der Waals surface area contributed by atoms with Gasteiger partial charge in [-0.05, 0) is 12.5 Å². The highest BCUT2D eigenvalue weighted by Gasteiger charge is 2.25. The molecule has 1 amide bonds. The normalized spacial score (nSPS) is 18.3. The van der Waals surface area contributed by atoms with Gasteiger partial charge in [-0.3, -0.25) is 14.9 Å². The number of carbonyl (C=O) groups excluding carboxylic acids is 1. The smallest absolute Gasteiger partial charge is 0.270 e. The van der Waals surface area contributed by atoms with Crippen LogP contribution in [0.1, 0.15) is 16.8 Å². The third-order valence-electron chi connectivity index (χ3n) is 2.82. The SMILES string of the molecule is Cl.N[C@@H]1CCN(C(=O)c2cccc([N+](=O)[O-])c2)C1. The van der Waals surface area contributed by atoms with Crippen LogP contribution >= 0.6 is 12.4 Å². The fraction of sp³-hybridized carbons (Fsp3) is 0.364. The lowest BCUT2D eigenvalue weighted by molar-refractivity contribution is -0.384. The predicted molar refractivity (Wildman–Crippen MR) is 68.8 cm³/mol. The molecule has 2 rings (SSSR count). The number of amides is 1. The summed E-state index contributed by atoms with van der Waals surface area (Å²) < 4.78 is 0. The number of benzene rings is 1. The largest absolute Gasteiger partial charge is 0.337 e. The number of hydrogen-bond donors (Lipinski definition) is 1. The molecular weight excluding hydrogens is 258 g/mol. The summed E-state index contributed by atoms with van der Waals surface area (Å²) in [5.74, 6) is -0.193. The zero-order valence-electron chi connectivity index (χ0n) is 9.61. The summed E-state index contributed by atoms with van der Waals surface area (Å²) in [6.07, 6.45) is 0.778. The Labute approximate surface area is 110 Å². The summed E-state index contributed by atoms with van der Waals surface area (Å²) in [5.41, 5.74) is 5.99. The molecule has 1 atom stereocenters. The average Bonchev–Trinajstić information content (AvgIpc) is 2.75. The Kier molecular flexibility index (Phi) is 4.63. The lowest BCUT2D eigenvalue weighted by atomic mass is 10.2. The molecular formula is C11H14ClN3O3. The lowest BCUT2D eigenvalue weighted by Gasteiger charge is -2.15. The van der Waals surface area contributed by atoms with Crippen LogP contribution in [0.2, 0.25) is 0 Å². The van der Waals surface area contributed by atoms with Gasteiger partial charge in [0.2, 0.25) is 0 Å². The monoisotopic (exact) mass is 271 g/mol. The summed E-state index contributed by atoms with van der Waals surface area (Å²) in [4.78, 5) is 23.7. The molecule has 0 radical (unpaired) electrons. The van der Waals surface area contributed by atoms with Crippen molar-refractivity contribution in [3.63, 3.8) is 0 Å². The molecule has 1 aromatic rings. The van der Waals surface area contributed by atoms with Crippen LogP contribution in [0.15, 0.2) is 24.3 Å². The minimum atomic E-state index is -0.507. The summed E-state index contributed by atoms with van der Waals surface area (Å²) in [6, 6.07) is 5.77. The molecule has 1 fully saturated rings. The standard InChI is InChI=1S/C11H13N3O3.ClH/c12-9-4-5-13(7-9)11(15)8-2-1-3-10(6-8)14(16)17;/h1-3,6,9H,4-5,7,12H2;1H/t9-;/m1./s1. The molecule has 0 saturated carbocycles. The number of nitro benzene ring substituents is 1. The van der Waals surface area contributed by atoms with Gasteiger partial charge >= 0.3 is 0 Å². The van der Waals surface area contributed by atoms with Gasteiger partial charge in [0.1, 0.15) is 0 Å². The first-order chi connectivity index (χ1) is 8.08. The molecule has 0 unspecified atom stereocenters. The Balaban J connectivity index is 0.00000162. The maximum atomic E-state index is 12.0. The van der Waals surface area contributed by atoms with Crippen molar-refractivity contribution in [1.29, 1.82) is 0 Å². The van der Waals surface area contributed by atoms with E-state index in [1.807, 2.05) is 0 Å². The van der Waals surface area contributed by atoms with Crippen molar-refractivity contribution < 1.29 is 9.72 Å². The van der Waals surface area contributed by atoms with Gasteiger partial charge in [0.25, 0.3) is 11.6 Å². The molecule has 98 valence electrons. The molecule has 0 bridgehead atoms. The number of non-ortho nitro benzene ring substituents is 1. The predicted octanol–water partition coefficient (Wildman–Crippen LogP) is 1.19. The first-order valence-corrected chi connectivity index (χ1v) is 5.37. The van der Waals surface area contributed by atoms with Crippen molar-refractivity contribution in [2.45, 2.75) is 12.5 Å². The second-order valence-corrected chi connectivity index (χ2v) is 4.11. The topological polar surface area (TPSA) is 89.5 Å². The van der Waals surface area contributed by atoms with Crippen molar-refractivity contribution in [3.05, 3.63) is 39.9 Å². The number of rotatable bonds is 2. The molecule has 1 aliphatic rings. The summed E-state index contributed by atoms with van der Waals surface area (Å²) in [5, 5.41) is 10.6. The number of nitro groups is 1. The van der Waals surface area contributed by atoms with Crippen LogP contribution in [-0.2, 0) is 0 Å². The fourth-order valence-electron chi connectivity index (χ4n) is 1.91. The van der Waals surface area contributed by atoms with E-state index in [1.165, 1.54) is 18.2 Å². The minimum Gasteiger partial charge on any atom is -0.337 e. The zero-order valence-corrected chi connectivity index (χ0v) is 10.4. The molecule has 0 spiro atoms. The number of likely N-dealkylation sites (tertiary alicyclic amines) is 1. The van der Waals surface area contributed by atoms with Crippen molar-refractivity contribution in [2.24, 2.45) is 5.73 Å². The van der Waals surface area contributed by atoms with Crippen LogP contribution in [0.4, 0.5) is 5.69 Å². The van der Waals surface area contributed by atoms with Crippen LogP contribution in [-0.4, -0.2) is 34.9 Å². The van der Waals surface area contributed by atoms with E-state index in [1.54, 1.807) is 11.0 Å². The molecule has 18 heavy (non-hydrogen) atoms. The Morgan fingerprint density at radius 3 is 2.78 bits per heavy atom. The molecule has 1 aliphatic heterocycles. The van der Waals surface area contributed by atoms with E-state index in [9.17, 15) is 14.9 Å². The van der Waals surface area contributed by atoms with Gasteiger partial charge in [0, 0.05) is 36.8 Å². The maximum absolute atomic E-state index is 12.0. The van der Waals surface area contributed by atoms with Crippen LogP contribution in [0, 0.1) is 10.1 Å². The van der Waals surface area contributed by atoms with Crippen molar-refractivity contribution >= 4 is 24.0 Å². The Hall–Kier alpha value is -1.66. The highest BCUT2D eigenvalue weighted by Crippen LogP contribution is 2.17. The first-order valence-electron chi connectivity index (χ1n) is 5.37. The summed E-state index contributed by atoms with van der Waals surface area (Å²) >= 11 is 0. The molecule has 2 N–H and O–H groups in total. The van der Waals surface area contributed by atoms with Crippen LogP contribution < -0.4 is 5.73 Å². The Morgan fingerprint density at radius 1 is 1.50 bits per heavy atom. The van der Waals surface area contributed by atoms with Gasteiger partial charge in [0.15, 0.2) is 0 Å². The van der Waals surface area contributed by atoms with E-state index in [0.717, 1.165) is 6.42 Å². The van der Waals surface area contributed by atoms with Crippen LogP contribution in [0.5, 0.6) is 0 Å². The van der Waals surface area contributed by atoms with E-state index in [4.69, 9.17) is 5.73 Å². The van der Waals surface area contributed by atoms with Crippen molar-refractivity contribution in [2.75, 3.05) is 13.1 Å². The third-order valence-corrected chi connectivity index (χ3v) is 2.82. The zero-order chi connectivity index (χ0) is 12.4. The molecule has 1 heterocycles. The van der Waals surface area contributed by atoms with E-state index >= 15 is 0 Å². The molecule has 1 saturated heterocycles. The van der Waals surface area contributed by atoms with Gasteiger partial charge in [0.05, 0.1) is 4.92 Å². The van der Waals surface area contributed by atoms with Crippen molar-refractivity contribution in [3.8, 4) is 0 Å². The molecule has 0 aromatic heterocycles. The van der Waals surface area contributed by atoms with Crippen LogP contribution in [0.25, 0.3) is 0 Å². The molecule has 6 nitrogen and oxygen atoms in total. The van der Waals surface area contributed by atoms with Gasteiger partial charge in [-0.15, -0.1) is 12.4 Å². The fourth-order valence-corrected chi connectivity index (χ4v) is 1.91. The van der Waals surface area contributed by atoms with E-state index < -0.39 is 4.92 Å². The second-order valence-electron chi connectivity index (χ2n) is 4.11. The number of carbonyl (C=O) groups is 1. The number of nitrogens with two attached hydrogens (primary N) is 1. The average molecular weight is 272 g/mol. The maximum Gasteiger partial charge on any atom is 0.270 e. The summed E-state index contributed by atoms with van der Waals surface area (Å²) in [7, 11) is 0. The number of nitrogens with zero attached hydrogens (tertiary/aromatic N) is 2. The highest BCUT2D eigenvalue weighted by molar-refractivity contribution is 5.95. The minimum absolute atomic E-state index is 0. The second kappa shape index (κ2) is 5.79. The van der Waals surface area contributed by atoms with Gasteiger partial charge in [-0.1, -0.05) is 6.07 Å². The first kappa shape index (κ1) is 14.4. The molecule has 1 aromatic carbocycles.